The smallest absolute Gasteiger partial charge is 0.357 e. The van der Waals surface area contributed by atoms with Crippen LogP contribution < -0.4 is 10.6 Å². The van der Waals surface area contributed by atoms with Crippen molar-refractivity contribution in [2.45, 2.75) is 51.7 Å². The summed E-state index contributed by atoms with van der Waals surface area (Å²) in [4.78, 5) is 8.57. The molecule has 2 rings (SSSR count). The van der Waals surface area contributed by atoms with Gasteiger partial charge in [-0.05, 0) is 51.6 Å². The fourth-order valence-corrected chi connectivity index (χ4v) is 3.84. The van der Waals surface area contributed by atoms with Gasteiger partial charge in [-0.1, -0.05) is 6.92 Å². The molecule has 2 unspecified atom stereocenters. The molecule has 2 fully saturated rings. The third-order valence-corrected chi connectivity index (χ3v) is 5.00. The fourth-order valence-electron chi connectivity index (χ4n) is 3.84. The van der Waals surface area contributed by atoms with E-state index in [2.05, 4.69) is 27.4 Å². The number of piperidine rings is 1. The van der Waals surface area contributed by atoms with Crippen LogP contribution in [0.15, 0.2) is 4.99 Å². The Balaban J connectivity index is 0.00000364. The molecule has 0 aliphatic carbocycles. The molecule has 2 aliphatic heterocycles. The van der Waals surface area contributed by atoms with Gasteiger partial charge in [-0.3, -0.25) is 9.89 Å². The Kier molecular flexibility index (Phi) is 11.3. The highest BCUT2D eigenvalue weighted by Gasteiger charge is 2.34. The third-order valence-electron chi connectivity index (χ3n) is 5.00. The predicted molar refractivity (Wildman–Crippen MR) is 115 cm³/mol. The maximum atomic E-state index is 12.5. The molecule has 9 heteroatoms. The van der Waals surface area contributed by atoms with Crippen LogP contribution in [-0.4, -0.2) is 80.3 Å². The number of alkyl halides is 3. The van der Waals surface area contributed by atoms with E-state index < -0.39 is 12.7 Å². The van der Waals surface area contributed by atoms with Crippen LogP contribution in [0.3, 0.4) is 0 Å². The molecular weight excluding hydrogens is 470 g/mol. The van der Waals surface area contributed by atoms with E-state index in [-0.39, 0.29) is 30.0 Å². The summed E-state index contributed by atoms with van der Waals surface area (Å²) in [6, 6.07) is 0.0260. The molecule has 0 saturated carbocycles. The number of hydrogen-bond acceptors (Lipinski definition) is 3. The van der Waals surface area contributed by atoms with Crippen LogP contribution in [-0.2, 0) is 0 Å². The van der Waals surface area contributed by atoms with Gasteiger partial charge in [0.15, 0.2) is 5.96 Å². The van der Waals surface area contributed by atoms with E-state index in [1.54, 1.807) is 0 Å². The van der Waals surface area contributed by atoms with Gasteiger partial charge < -0.3 is 15.5 Å². The number of aliphatic imine (C=N–C) groups is 1. The number of nitrogens with one attached hydrogen (secondary N) is 2. The molecule has 2 heterocycles. The van der Waals surface area contributed by atoms with E-state index in [1.165, 1.54) is 30.8 Å². The predicted octanol–water partition coefficient (Wildman–Crippen LogP) is 2.92. The van der Waals surface area contributed by atoms with Crippen LogP contribution >= 0.6 is 24.0 Å². The minimum Gasteiger partial charge on any atom is -0.357 e. The second-order valence-corrected chi connectivity index (χ2v) is 7.64. The Morgan fingerprint density at radius 3 is 2.59 bits per heavy atom. The fraction of sp³-hybridized carbons (Fsp3) is 0.944. The lowest BCUT2D eigenvalue weighted by Gasteiger charge is -2.30. The summed E-state index contributed by atoms with van der Waals surface area (Å²) >= 11 is 0. The normalized spacial score (nSPS) is 25.3. The number of hydrogen-bond donors (Lipinski definition) is 2. The van der Waals surface area contributed by atoms with E-state index in [4.69, 9.17) is 0 Å². The van der Waals surface area contributed by atoms with Gasteiger partial charge in [0.25, 0.3) is 0 Å². The highest BCUT2D eigenvalue weighted by atomic mass is 127. The average Bonchev–Trinajstić information content (AvgIpc) is 2.96. The monoisotopic (exact) mass is 505 g/mol. The molecule has 2 atom stereocenters. The summed E-state index contributed by atoms with van der Waals surface area (Å²) in [5.74, 6) is 1.51. The lowest BCUT2D eigenvalue weighted by molar-refractivity contribution is -0.143. The van der Waals surface area contributed by atoms with E-state index in [0.717, 1.165) is 37.9 Å². The summed E-state index contributed by atoms with van der Waals surface area (Å²) in [6.07, 6.45) is 0.209. The highest BCUT2D eigenvalue weighted by Crippen LogP contribution is 2.20. The minimum atomic E-state index is -4.13. The van der Waals surface area contributed by atoms with Gasteiger partial charge in [-0.25, -0.2) is 0 Å². The van der Waals surface area contributed by atoms with Crippen molar-refractivity contribution < 1.29 is 13.2 Å². The summed E-state index contributed by atoms with van der Waals surface area (Å²) in [5, 5.41) is 6.50. The van der Waals surface area contributed by atoms with Crippen molar-refractivity contribution in [3.05, 3.63) is 0 Å². The zero-order valence-corrected chi connectivity index (χ0v) is 18.9. The van der Waals surface area contributed by atoms with Gasteiger partial charge in [0.05, 0.1) is 6.54 Å². The summed E-state index contributed by atoms with van der Waals surface area (Å²) in [5.41, 5.74) is 0. The number of likely N-dealkylation sites (tertiary alicyclic amines) is 2. The minimum absolute atomic E-state index is 0. The van der Waals surface area contributed by atoms with Gasteiger partial charge in [-0.15, -0.1) is 24.0 Å². The first kappa shape index (κ1) is 24.7. The van der Waals surface area contributed by atoms with E-state index in [9.17, 15) is 13.2 Å². The van der Waals surface area contributed by atoms with E-state index in [1.807, 2.05) is 6.92 Å². The molecule has 0 radical (unpaired) electrons. The summed E-state index contributed by atoms with van der Waals surface area (Å²) in [7, 11) is 0. The first-order chi connectivity index (χ1) is 12.4. The van der Waals surface area contributed by atoms with E-state index in [0.29, 0.717) is 19.5 Å². The molecule has 5 nitrogen and oxygen atoms in total. The Morgan fingerprint density at radius 2 is 1.93 bits per heavy atom. The van der Waals surface area contributed by atoms with Gasteiger partial charge in [0.2, 0.25) is 0 Å². The Labute approximate surface area is 178 Å². The Bertz CT molecular complexity index is 447. The molecule has 0 aromatic heterocycles. The molecule has 160 valence electrons. The number of nitrogens with zero attached hydrogens (tertiary/aromatic N) is 3. The zero-order chi connectivity index (χ0) is 19.0. The average molecular weight is 505 g/mol. The molecular formula is C18H35F3IN5. The molecule has 0 aromatic rings. The van der Waals surface area contributed by atoms with Crippen LogP contribution in [0, 0.1) is 5.92 Å². The third kappa shape index (κ3) is 10.2. The van der Waals surface area contributed by atoms with Crippen LogP contribution in [0.4, 0.5) is 13.2 Å². The van der Waals surface area contributed by atoms with Crippen molar-refractivity contribution in [1.29, 1.82) is 0 Å². The molecule has 0 bridgehead atoms. The van der Waals surface area contributed by atoms with Gasteiger partial charge >= 0.3 is 6.18 Å². The first-order valence-corrected chi connectivity index (χ1v) is 9.92. The topological polar surface area (TPSA) is 42.9 Å². The maximum Gasteiger partial charge on any atom is 0.401 e. The van der Waals surface area contributed by atoms with Gasteiger partial charge in [0, 0.05) is 38.8 Å². The summed E-state index contributed by atoms with van der Waals surface area (Å²) < 4.78 is 37.5. The molecule has 0 aromatic carbocycles. The number of rotatable bonds is 7. The molecule has 2 saturated heterocycles. The van der Waals surface area contributed by atoms with Crippen LogP contribution in [0.25, 0.3) is 0 Å². The molecule has 2 N–H and O–H groups in total. The summed E-state index contributed by atoms with van der Waals surface area (Å²) in [6.45, 7) is 9.27. The van der Waals surface area contributed by atoms with Crippen molar-refractivity contribution in [3.8, 4) is 0 Å². The highest BCUT2D eigenvalue weighted by molar-refractivity contribution is 14.0. The number of guanidine groups is 1. The number of halogens is 4. The van der Waals surface area contributed by atoms with Crippen LogP contribution in [0.2, 0.25) is 0 Å². The van der Waals surface area contributed by atoms with Gasteiger partial charge in [-0.2, -0.15) is 13.2 Å². The first-order valence-electron chi connectivity index (χ1n) is 9.92. The van der Waals surface area contributed by atoms with Crippen molar-refractivity contribution in [2.75, 3.05) is 52.4 Å². The largest absolute Gasteiger partial charge is 0.401 e. The van der Waals surface area contributed by atoms with Gasteiger partial charge in [0.1, 0.15) is 0 Å². The lowest BCUT2D eigenvalue weighted by atomic mass is 10.0. The maximum absolute atomic E-state index is 12.5. The van der Waals surface area contributed by atoms with Crippen LogP contribution in [0.1, 0.15) is 39.5 Å². The SMILES string of the molecule is CCNC(=NCCCN1CCCC(C)C1)NC1CCN(CC(F)(F)F)C1.I. The molecule has 0 amide bonds. The zero-order valence-electron chi connectivity index (χ0n) is 16.5. The molecule has 27 heavy (non-hydrogen) atoms. The molecule has 2 aliphatic rings. The van der Waals surface area contributed by atoms with E-state index >= 15 is 0 Å². The standard InChI is InChI=1S/C18H34F3N5.HI/c1-3-22-17(23-8-5-10-25-9-4-6-15(2)12-25)24-16-7-11-26(13-16)14-18(19,20)21;/h15-16H,3-14H2,1-2H3,(H2,22,23,24);1H. The van der Waals surface area contributed by atoms with Crippen molar-refractivity contribution in [2.24, 2.45) is 10.9 Å². The second-order valence-electron chi connectivity index (χ2n) is 7.64. The van der Waals surface area contributed by atoms with Crippen molar-refractivity contribution in [1.82, 2.24) is 20.4 Å². The Morgan fingerprint density at radius 1 is 1.15 bits per heavy atom. The Hall–Kier alpha value is -0.290. The lowest BCUT2D eigenvalue weighted by Crippen LogP contribution is -2.45. The van der Waals surface area contributed by atoms with Crippen LogP contribution in [0.5, 0.6) is 0 Å². The van der Waals surface area contributed by atoms with Crippen molar-refractivity contribution >= 4 is 29.9 Å². The van der Waals surface area contributed by atoms with Crippen molar-refractivity contribution in [3.63, 3.8) is 0 Å². The second kappa shape index (κ2) is 12.3. The molecule has 0 spiro atoms. The quantitative estimate of drug-likeness (QED) is 0.242.